The van der Waals surface area contributed by atoms with Gasteiger partial charge >= 0.3 is 0 Å². The molecule has 0 saturated carbocycles. The largest absolute Gasteiger partial charge is 0.316 e. The molecule has 3 nitrogen and oxygen atoms in total. The van der Waals surface area contributed by atoms with Crippen LogP contribution in [-0.4, -0.2) is 22.6 Å². The zero-order chi connectivity index (χ0) is 11.7. The van der Waals surface area contributed by atoms with Crippen molar-refractivity contribution in [3.63, 3.8) is 0 Å². The number of benzene rings is 1. The number of halogens is 1. The molecule has 1 aromatic heterocycles. The number of aromatic nitrogens is 2. The molecule has 88 valence electrons. The van der Waals surface area contributed by atoms with Gasteiger partial charge in [-0.1, -0.05) is 23.7 Å². The summed E-state index contributed by atoms with van der Waals surface area (Å²) in [7, 11) is 0. The average Bonchev–Trinajstić information content (AvgIpc) is 3.00. The van der Waals surface area contributed by atoms with E-state index in [9.17, 15) is 0 Å². The Morgan fingerprint density at radius 2 is 2.24 bits per heavy atom. The van der Waals surface area contributed by atoms with E-state index in [1.807, 2.05) is 36.8 Å². The van der Waals surface area contributed by atoms with Crippen LogP contribution in [0.2, 0.25) is 5.02 Å². The predicted molar refractivity (Wildman–Crippen MR) is 68.8 cm³/mol. The summed E-state index contributed by atoms with van der Waals surface area (Å²) < 4.78 is 2.10. The number of hydrogen-bond donors (Lipinski definition) is 1. The highest BCUT2D eigenvalue weighted by molar-refractivity contribution is 6.32. The predicted octanol–water partition coefficient (Wildman–Crippen LogP) is 2.60. The zero-order valence-electron chi connectivity index (χ0n) is 9.44. The Morgan fingerprint density at radius 3 is 3.00 bits per heavy atom. The molecule has 4 heteroatoms. The van der Waals surface area contributed by atoms with Crippen molar-refractivity contribution in [1.29, 1.82) is 0 Å². The number of imidazole rings is 1. The van der Waals surface area contributed by atoms with Crippen molar-refractivity contribution in [1.82, 2.24) is 14.9 Å². The third-order valence-electron chi connectivity index (χ3n) is 3.26. The summed E-state index contributed by atoms with van der Waals surface area (Å²) in [5.74, 6) is 0.536. The Balaban J connectivity index is 2.04. The van der Waals surface area contributed by atoms with Crippen LogP contribution in [-0.2, 0) is 0 Å². The third kappa shape index (κ3) is 1.96. The molecule has 1 saturated heterocycles. The molecule has 1 aromatic carbocycles. The second-order valence-electron chi connectivity index (χ2n) is 4.33. The first kappa shape index (κ1) is 10.8. The van der Waals surface area contributed by atoms with E-state index in [2.05, 4.69) is 14.9 Å². The number of para-hydroxylation sites is 1. The number of rotatable bonds is 2. The fourth-order valence-corrected chi connectivity index (χ4v) is 2.59. The SMILES string of the molecule is Clc1ccccc1-n1cncc1C1CCNC1. The van der Waals surface area contributed by atoms with Crippen LogP contribution < -0.4 is 5.32 Å². The Bertz CT molecular complexity index is 515. The summed E-state index contributed by atoms with van der Waals surface area (Å²) in [6.45, 7) is 2.11. The van der Waals surface area contributed by atoms with E-state index in [0.717, 1.165) is 30.2 Å². The van der Waals surface area contributed by atoms with Crippen molar-refractivity contribution in [2.24, 2.45) is 0 Å². The maximum absolute atomic E-state index is 6.23. The molecule has 0 bridgehead atoms. The first-order valence-corrected chi connectivity index (χ1v) is 6.22. The molecular formula is C13H14ClN3. The van der Waals surface area contributed by atoms with Gasteiger partial charge in [-0.2, -0.15) is 0 Å². The molecule has 1 atom stereocenters. The molecule has 1 N–H and O–H groups in total. The van der Waals surface area contributed by atoms with Crippen LogP contribution in [0.25, 0.3) is 5.69 Å². The fraction of sp³-hybridized carbons (Fsp3) is 0.308. The van der Waals surface area contributed by atoms with Crippen LogP contribution in [0.4, 0.5) is 0 Å². The summed E-state index contributed by atoms with van der Waals surface area (Å²) in [6, 6.07) is 7.88. The molecule has 1 unspecified atom stereocenters. The van der Waals surface area contributed by atoms with E-state index < -0.39 is 0 Å². The number of nitrogens with one attached hydrogen (secondary N) is 1. The van der Waals surface area contributed by atoms with Crippen LogP contribution >= 0.6 is 11.6 Å². The van der Waals surface area contributed by atoms with Gasteiger partial charge in [0.05, 0.1) is 17.0 Å². The van der Waals surface area contributed by atoms with Gasteiger partial charge in [0, 0.05) is 24.4 Å². The summed E-state index contributed by atoms with van der Waals surface area (Å²) >= 11 is 6.23. The van der Waals surface area contributed by atoms with E-state index in [0.29, 0.717) is 5.92 Å². The highest BCUT2D eigenvalue weighted by atomic mass is 35.5. The molecule has 2 aromatic rings. The van der Waals surface area contributed by atoms with Crippen LogP contribution in [0.1, 0.15) is 18.0 Å². The van der Waals surface area contributed by atoms with Crippen molar-refractivity contribution in [3.8, 4) is 5.69 Å². The van der Waals surface area contributed by atoms with E-state index in [1.54, 1.807) is 0 Å². The first-order chi connectivity index (χ1) is 8.36. The lowest BCUT2D eigenvalue weighted by molar-refractivity contribution is 0.714. The normalized spacial score (nSPS) is 19.7. The van der Waals surface area contributed by atoms with E-state index >= 15 is 0 Å². The third-order valence-corrected chi connectivity index (χ3v) is 3.58. The molecule has 1 fully saturated rings. The van der Waals surface area contributed by atoms with Gasteiger partial charge in [0.2, 0.25) is 0 Å². The molecule has 0 spiro atoms. The van der Waals surface area contributed by atoms with Crippen molar-refractivity contribution < 1.29 is 0 Å². The van der Waals surface area contributed by atoms with Gasteiger partial charge in [-0.25, -0.2) is 4.98 Å². The number of nitrogens with zero attached hydrogens (tertiary/aromatic N) is 2. The molecule has 0 amide bonds. The standard InChI is InChI=1S/C13H14ClN3/c14-11-3-1-2-4-12(11)17-9-16-8-13(17)10-5-6-15-7-10/h1-4,8-10,15H,5-7H2. The molecule has 1 aliphatic heterocycles. The molecular weight excluding hydrogens is 234 g/mol. The van der Waals surface area contributed by atoms with Gasteiger partial charge in [-0.05, 0) is 25.1 Å². The van der Waals surface area contributed by atoms with Crippen molar-refractivity contribution in [2.75, 3.05) is 13.1 Å². The second kappa shape index (κ2) is 4.51. The van der Waals surface area contributed by atoms with Crippen molar-refractivity contribution in [2.45, 2.75) is 12.3 Å². The fourth-order valence-electron chi connectivity index (χ4n) is 2.36. The van der Waals surface area contributed by atoms with E-state index in [4.69, 9.17) is 11.6 Å². The van der Waals surface area contributed by atoms with Crippen LogP contribution in [0.3, 0.4) is 0 Å². The lowest BCUT2D eigenvalue weighted by atomic mass is 10.1. The quantitative estimate of drug-likeness (QED) is 0.884. The van der Waals surface area contributed by atoms with Gasteiger partial charge in [0.25, 0.3) is 0 Å². The van der Waals surface area contributed by atoms with Gasteiger partial charge in [-0.3, -0.25) is 0 Å². The minimum Gasteiger partial charge on any atom is -0.316 e. The summed E-state index contributed by atoms with van der Waals surface area (Å²) in [6.07, 6.45) is 4.95. The van der Waals surface area contributed by atoms with Gasteiger partial charge < -0.3 is 9.88 Å². The van der Waals surface area contributed by atoms with Crippen molar-refractivity contribution >= 4 is 11.6 Å². The van der Waals surface area contributed by atoms with Crippen LogP contribution in [0.15, 0.2) is 36.8 Å². The summed E-state index contributed by atoms with van der Waals surface area (Å²) in [5.41, 5.74) is 2.25. The van der Waals surface area contributed by atoms with Crippen LogP contribution in [0.5, 0.6) is 0 Å². The highest BCUT2D eigenvalue weighted by Gasteiger charge is 2.21. The zero-order valence-corrected chi connectivity index (χ0v) is 10.2. The summed E-state index contributed by atoms with van der Waals surface area (Å²) in [5, 5.41) is 4.14. The smallest absolute Gasteiger partial charge is 0.0994 e. The second-order valence-corrected chi connectivity index (χ2v) is 4.74. The van der Waals surface area contributed by atoms with Gasteiger partial charge in [0.1, 0.15) is 0 Å². The Morgan fingerprint density at radius 1 is 1.35 bits per heavy atom. The van der Waals surface area contributed by atoms with E-state index in [1.165, 1.54) is 5.69 Å². The maximum atomic E-state index is 6.23. The first-order valence-electron chi connectivity index (χ1n) is 5.84. The maximum Gasteiger partial charge on any atom is 0.0994 e. The molecule has 17 heavy (non-hydrogen) atoms. The number of hydrogen-bond acceptors (Lipinski definition) is 2. The highest BCUT2D eigenvalue weighted by Crippen LogP contribution is 2.27. The minimum atomic E-state index is 0.536. The Labute approximate surface area is 105 Å². The monoisotopic (exact) mass is 247 g/mol. The molecule has 3 rings (SSSR count). The molecule has 2 heterocycles. The van der Waals surface area contributed by atoms with Crippen LogP contribution in [0, 0.1) is 0 Å². The minimum absolute atomic E-state index is 0.536. The van der Waals surface area contributed by atoms with Gasteiger partial charge in [0.15, 0.2) is 0 Å². The molecule has 1 aliphatic rings. The Hall–Kier alpha value is -1.32. The lowest BCUT2D eigenvalue weighted by Gasteiger charge is -2.13. The Kier molecular flexibility index (Phi) is 2.87. The molecule has 0 radical (unpaired) electrons. The molecule has 0 aliphatic carbocycles. The van der Waals surface area contributed by atoms with Gasteiger partial charge in [-0.15, -0.1) is 0 Å². The topological polar surface area (TPSA) is 29.9 Å². The van der Waals surface area contributed by atoms with E-state index in [-0.39, 0.29) is 0 Å². The lowest BCUT2D eigenvalue weighted by Crippen LogP contribution is -2.10. The summed E-state index contributed by atoms with van der Waals surface area (Å²) in [4.78, 5) is 4.26. The van der Waals surface area contributed by atoms with Crippen molar-refractivity contribution in [3.05, 3.63) is 47.5 Å². The average molecular weight is 248 g/mol.